The van der Waals surface area contributed by atoms with E-state index >= 15 is 0 Å². The number of allylic oxidation sites excluding steroid dienone is 1. The quantitative estimate of drug-likeness (QED) is 0.360. The van der Waals surface area contributed by atoms with Crippen molar-refractivity contribution >= 4 is 82.0 Å². The molecule has 0 radical (unpaired) electrons. The van der Waals surface area contributed by atoms with Crippen LogP contribution in [0, 0.1) is 0 Å². The molecule has 24 heavy (non-hydrogen) atoms. The Labute approximate surface area is 167 Å². The lowest BCUT2D eigenvalue weighted by Gasteiger charge is -2.15. The summed E-state index contributed by atoms with van der Waals surface area (Å²) in [5.41, 5.74) is 1.31. The molecule has 0 saturated heterocycles. The number of benzene rings is 1. The zero-order valence-electron chi connectivity index (χ0n) is 11.6. The van der Waals surface area contributed by atoms with Crippen LogP contribution in [0.5, 0.6) is 0 Å². The molecular weight excluding hydrogens is 439 g/mol. The van der Waals surface area contributed by atoms with E-state index in [1.165, 1.54) is 6.08 Å². The molecule has 0 aliphatic carbocycles. The summed E-state index contributed by atoms with van der Waals surface area (Å²) < 4.78 is -3.84. The van der Waals surface area contributed by atoms with E-state index in [2.05, 4.69) is 15.0 Å². The maximum absolute atomic E-state index is 10.4. The van der Waals surface area contributed by atoms with Crippen LogP contribution < -0.4 is 0 Å². The van der Waals surface area contributed by atoms with Gasteiger partial charge in [-0.15, -0.1) is 0 Å². The maximum atomic E-state index is 10.4. The molecule has 0 unspecified atom stereocenters. The lowest BCUT2D eigenvalue weighted by Crippen LogP contribution is -2.16. The fraction of sp³-hybridized carbons (Fsp3) is 0.143. The number of halogens is 6. The van der Waals surface area contributed by atoms with Crippen molar-refractivity contribution in [3.63, 3.8) is 0 Å². The highest BCUT2D eigenvalue weighted by Gasteiger charge is 2.33. The Bertz CT molecular complexity index is 751. The van der Waals surface area contributed by atoms with Gasteiger partial charge in [-0.05, 0) is 17.7 Å². The van der Waals surface area contributed by atoms with Gasteiger partial charge in [-0.3, -0.25) is 4.79 Å². The second-order valence-electron chi connectivity index (χ2n) is 4.42. The van der Waals surface area contributed by atoms with Crippen molar-refractivity contribution in [1.82, 2.24) is 15.0 Å². The molecule has 10 heteroatoms. The summed E-state index contributed by atoms with van der Waals surface area (Å²) in [5.74, 6) is -0.186. The highest BCUT2D eigenvalue weighted by atomic mass is 35.6. The van der Waals surface area contributed by atoms with Gasteiger partial charge in [-0.25, -0.2) is 15.0 Å². The van der Waals surface area contributed by atoms with Crippen molar-refractivity contribution in [2.45, 2.75) is 7.59 Å². The van der Waals surface area contributed by atoms with E-state index < -0.39 is 7.59 Å². The van der Waals surface area contributed by atoms with Gasteiger partial charge in [0.2, 0.25) is 7.59 Å². The van der Waals surface area contributed by atoms with Gasteiger partial charge in [0.05, 0.1) is 0 Å². The summed E-state index contributed by atoms with van der Waals surface area (Å²) in [6.45, 7) is 0. The Kier molecular flexibility index (Phi) is 6.35. The average molecular weight is 446 g/mol. The first-order valence-electron chi connectivity index (χ1n) is 6.24. The van der Waals surface area contributed by atoms with Crippen molar-refractivity contribution in [3.8, 4) is 11.4 Å². The number of hydrogen-bond acceptors (Lipinski definition) is 4. The lowest BCUT2D eigenvalue weighted by molar-refractivity contribution is -0.104. The third kappa shape index (κ3) is 5.19. The Morgan fingerprint density at radius 3 is 1.96 bits per heavy atom. The van der Waals surface area contributed by atoms with Crippen molar-refractivity contribution in [1.29, 1.82) is 0 Å². The highest BCUT2D eigenvalue weighted by Crippen LogP contribution is 2.40. The smallest absolute Gasteiger partial charge is 0.250 e. The minimum atomic E-state index is -1.92. The van der Waals surface area contributed by atoms with Crippen LogP contribution in [0.1, 0.15) is 17.2 Å². The number of nitrogens with zero attached hydrogens (tertiary/aromatic N) is 3. The van der Waals surface area contributed by atoms with E-state index in [4.69, 9.17) is 69.6 Å². The van der Waals surface area contributed by atoms with Crippen LogP contribution >= 0.6 is 69.6 Å². The standard InChI is InChI=1S/C14H7Cl6N3O/c15-13(16,17)11-21-10(22-12(23-11)14(18,19)20)9-5-1-3-8(7-9)4-2-6-24/h1-7H. The van der Waals surface area contributed by atoms with Crippen LogP contribution in [0.25, 0.3) is 17.5 Å². The van der Waals surface area contributed by atoms with Gasteiger partial charge < -0.3 is 0 Å². The summed E-state index contributed by atoms with van der Waals surface area (Å²) >= 11 is 35.0. The van der Waals surface area contributed by atoms with Crippen molar-refractivity contribution in [3.05, 3.63) is 47.6 Å². The van der Waals surface area contributed by atoms with Gasteiger partial charge in [0, 0.05) is 5.56 Å². The molecule has 0 fully saturated rings. The van der Waals surface area contributed by atoms with Crippen LogP contribution in [0.15, 0.2) is 30.3 Å². The predicted octanol–water partition coefficient (Wildman–Crippen LogP) is 5.40. The number of aromatic nitrogens is 3. The topological polar surface area (TPSA) is 55.7 Å². The second kappa shape index (κ2) is 7.73. The molecule has 1 heterocycles. The molecule has 0 bridgehead atoms. The number of hydrogen-bond donors (Lipinski definition) is 0. The predicted molar refractivity (Wildman–Crippen MR) is 98.8 cm³/mol. The Hall–Kier alpha value is -0.620. The van der Waals surface area contributed by atoms with Crippen molar-refractivity contribution < 1.29 is 4.79 Å². The third-order valence-electron chi connectivity index (χ3n) is 2.65. The Morgan fingerprint density at radius 1 is 0.875 bits per heavy atom. The molecular formula is C14H7Cl6N3O. The lowest BCUT2D eigenvalue weighted by atomic mass is 10.1. The van der Waals surface area contributed by atoms with Gasteiger partial charge >= 0.3 is 0 Å². The van der Waals surface area contributed by atoms with E-state index in [-0.39, 0.29) is 17.5 Å². The van der Waals surface area contributed by atoms with Crippen molar-refractivity contribution in [2.24, 2.45) is 0 Å². The molecule has 0 amide bonds. The van der Waals surface area contributed by atoms with Gasteiger partial charge in [0.25, 0.3) is 0 Å². The monoisotopic (exact) mass is 443 g/mol. The molecule has 1 aromatic heterocycles. The Morgan fingerprint density at radius 2 is 1.46 bits per heavy atom. The summed E-state index contributed by atoms with van der Waals surface area (Å²) in [4.78, 5) is 22.6. The van der Waals surface area contributed by atoms with Crippen LogP contribution in [-0.2, 0) is 12.4 Å². The van der Waals surface area contributed by atoms with Gasteiger partial charge in [0.15, 0.2) is 17.5 Å². The molecule has 0 saturated carbocycles. The van der Waals surface area contributed by atoms with Crippen LogP contribution in [0.3, 0.4) is 0 Å². The van der Waals surface area contributed by atoms with E-state index in [0.29, 0.717) is 11.8 Å². The molecule has 0 atom stereocenters. The number of carbonyl (C=O) groups excluding carboxylic acids is 1. The molecule has 2 aromatic rings. The molecule has 2 rings (SSSR count). The molecule has 4 nitrogen and oxygen atoms in total. The van der Waals surface area contributed by atoms with E-state index in [0.717, 1.165) is 5.56 Å². The minimum Gasteiger partial charge on any atom is -0.299 e. The SMILES string of the molecule is O=CC=Cc1cccc(-c2nc(C(Cl)(Cl)Cl)nc(C(Cl)(Cl)Cl)n2)c1. The van der Waals surface area contributed by atoms with Gasteiger partial charge in [0.1, 0.15) is 6.29 Å². The maximum Gasteiger partial charge on any atom is 0.250 e. The van der Waals surface area contributed by atoms with Gasteiger partial charge in [-0.2, -0.15) is 0 Å². The second-order valence-corrected chi connectivity index (χ2v) is 8.98. The van der Waals surface area contributed by atoms with E-state index in [1.54, 1.807) is 30.3 Å². The first-order valence-corrected chi connectivity index (χ1v) is 8.51. The number of rotatable bonds is 3. The molecule has 0 aliphatic heterocycles. The molecule has 0 spiro atoms. The molecule has 126 valence electrons. The number of aldehydes is 1. The third-order valence-corrected chi connectivity index (χ3v) is 3.67. The van der Waals surface area contributed by atoms with E-state index in [1.807, 2.05) is 0 Å². The fourth-order valence-corrected chi connectivity index (χ4v) is 2.20. The molecule has 1 aromatic carbocycles. The number of carbonyl (C=O) groups is 1. The van der Waals surface area contributed by atoms with Crippen LogP contribution in [0.2, 0.25) is 0 Å². The van der Waals surface area contributed by atoms with E-state index in [9.17, 15) is 4.79 Å². The fourth-order valence-electron chi connectivity index (χ4n) is 1.69. The first-order chi connectivity index (χ1) is 11.1. The summed E-state index contributed by atoms with van der Waals surface area (Å²) in [7, 11) is 0. The molecule has 0 N–H and O–H groups in total. The minimum absolute atomic E-state index is 0.161. The van der Waals surface area contributed by atoms with Crippen molar-refractivity contribution in [2.75, 3.05) is 0 Å². The van der Waals surface area contributed by atoms with Crippen LogP contribution in [-0.4, -0.2) is 21.2 Å². The highest BCUT2D eigenvalue weighted by molar-refractivity contribution is 6.67. The summed E-state index contributed by atoms with van der Waals surface area (Å²) in [6, 6.07) is 6.97. The first kappa shape index (κ1) is 19.7. The summed E-state index contributed by atoms with van der Waals surface area (Å²) in [6.07, 6.45) is 3.63. The van der Waals surface area contributed by atoms with Crippen LogP contribution in [0.4, 0.5) is 0 Å². The number of alkyl halides is 6. The zero-order valence-corrected chi connectivity index (χ0v) is 16.1. The van der Waals surface area contributed by atoms with Gasteiger partial charge in [-0.1, -0.05) is 93.9 Å². The Balaban J connectivity index is 2.61. The zero-order chi connectivity index (χ0) is 18.0. The summed E-state index contributed by atoms with van der Waals surface area (Å²) in [5, 5.41) is 0. The average Bonchev–Trinajstić information content (AvgIpc) is 2.51. The normalized spacial score (nSPS) is 12.6. The molecule has 0 aliphatic rings. The largest absolute Gasteiger partial charge is 0.299 e.